The number of halogens is 1. The number of nitrogens with one attached hydrogen (secondary N) is 1. The number of hydrogen-bond acceptors (Lipinski definition) is 4. The lowest BCUT2D eigenvalue weighted by Gasteiger charge is -2.27. The van der Waals surface area contributed by atoms with Crippen molar-refractivity contribution >= 4 is 12.0 Å². The molecule has 1 atom stereocenters. The number of aliphatic carboxylic acids is 1. The third-order valence-electron chi connectivity index (χ3n) is 4.38. The summed E-state index contributed by atoms with van der Waals surface area (Å²) >= 11 is 0. The Balaban J connectivity index is 1.67. The lowest BCUT2D eigenvalue weighted by molar-refractivity contribution is -0.137. The Labute approximate surface area is 149 Å². The maximum absolute atomic E-state index is 13.1. The van der Waals surface area contributed by atoms with Crippen LogP contribution in [0.15, 0.2) is 24.3 Å². The van der Waals surface area contributed by atoms with E-state index >= 15 is 0 Å². The summed E-state index contributed by atoms with van der Waals surface area (Å²) in [5.41, 5.74) is 0.760. The van der Waals surface area contributed by atoms with Crippen molar-refractivity contribution in [2.45, 2.75) is 31.8 Å². The van der Waals surface area contributed by atoms with Gasteiger partial charge < -0.3 is 19.9 Å². The van der Waals surface area contributed by atoms with Crippen LogP contribution in [0.4, 0.5) is 9.18 Å². The molecule has 8 nitrogen and oxygen atoms in total. The summed E-state index contributed by atoms with van der Waals surface area (Å²) in [6.45, 7) is 0.653. The van der Waals surface area contributed by atoms with Crippen molar-refractivity contribution in [1.29, 1.82) is 0 Å². The van der Waals surface area contributed by atoms with Crippen LogP contribution in [0, 0.1) is 5.82 Å². The topological polar surface area (TPSA) is 100 Å². The molecule has 0 aliphatic carbocycles. The Hall–Kier alpha value is -2.97. The summed E-state index contributed by atoms with van der Waals surface area (Å²) in [7, 11) is 1.56. The molecule has 0 saturated carbocycles. The normalized spacial score (nSPS) is 16.0. The van der Waals surface area contributed by atoms with Crippen LogP contribution in [0.25, 0.3) is 11.4 Å². The van der Waals surface area contributed by atoms with Crippen molar-refractivity contribution in [1.82, 2.24) is 25.0 Å². The van der Waals surface area contributed by atoms with E-state index in [1.54, 1.807) is 19.2 Å². The lowest BCUT2D eigenvalue weighted by atomic mass is 10.1. The summed E-state index contributed by atoms with van der Waals surface area (Å²) in [5, 5.41) is 20.0. The Morgan fingerprint density at radius 3 is 2.77 bits per heavy atom. The number of carbonyl (C=O) groups is 2. The van der Waals surface area contributed by atoms with E-state index < -0.39 is 5.97 Å². The largest absolute Gasteiger partial charge is 0.481 e. The number of carboxylic acids is 1. The SMILES string of the molecule is CN(CCC(=O)O)C(=O)NC1CCc2nnc(-c3ccc(F)cc3)n2C1. The van der Waals surface area contributed by atoms with E-state index in [1.807, 2.05) is 4.57 Å². The van der Waals surface area contributed by atoms with Crippen molar-refractivity contribution in [2.75, 3.05) is 13.6 Å². The molecule has 0 bridgehead atoms. The first-order chi connectivity index (χ1) is 12.4. The van der Waals surface area contributed by atoms with E-state index in [0.717, 1.165) is 17.8 Å². The first-order valence-corrected chi connectivity index (χ1v) is 8.35. The predicted octanol–water partition coefficient (Wildman–Crippen LogP) is 1.52. The molecular weight excluding hydrogens is 341 g/mol. The van der Waals surface area contributed by atoms with Crippen molar-refractivity contribution in [3.05, 3.63) is 35.9 Å². The number of aryl methyl sites for hydroxylation is 1. The Bertz CT molecular complexity index is 805. The van der Waals surface area contributed by atoms with Crippen LogP contribution in [0.3, 0.4) is 0 Å². The van der Waals surface area contributed by atoms with Gasteiger partial charge in [-0.05, 0) is 30.7 Å². The van der Waals surface area contributed by atoms with Gasteiger partial charge >= 0.3 is 12.0 Å². The second-order valence-electron chi connectivity index (χ2n) is 6.31. The molecule has 1 aliphatic rings. The molecule has 138 valence electrons. The van der Waals surface area contributed by atoms with Crippen molar-refractivity contribution in [3.63, 3.8) is 0 Å². The van der Waals surface area contributed by atoms with Crippen LogP contribution in [-0.2, 0) is 17.8 Å². The highest BCUT2D eigenvalue weighted by Crippen LogP contribution is 2.23. The molecule has 1 aromatic carbocycles. The number of hydrogen-bond donors (Lipinski definition) is 2. The molecule has 2 heterocycles. The third kappa shape index (κ3) is 3.98. The van der Waals surface area contributed by atoms with E-state index in [1.165, 1.54) is 17.0 Å². The molecular formula is C17H20FN5O3. The predicted molar refractivity (Wildman–Crippen MR) is 90.9 cm³/mol. The van der Waals surface area contributed by atoms with E-state index in [0.29, 0.717) is 18.8 Å². The Morgan fingerprint density at radius 2 is 2.08 bits per heavy atom. The van der Waals surface area contributed by atoms with Gasteiger partial charge in [0.1, 0.15) is 11.6 Å². The minimum absolute atomic E-state index is 0.0983. The highest BCUT2D eigenvalue weighted by molar-refractivity contribution is 5.75. The van der Waals surface area contributed by atoms with Gasteiger partial charge in [-0.15, -0.1) is 10.2 Å². The van der Waals surface area contributed by atoms with Gasteiger partial charge in [-0.25, -0.2) is 9.18 Å². The van der Waals surface area contributed by atoms with Gasteiger partial charge in [-0.3, -0.25) is 4.79 Å². The van der Waals surface area contributed by atoms with Crippen molar-refractivity contribution < 1.29 is 19.1 Å². The van der Waals surface area contributed by atoms with Crippen LogP contribution >= 0.6 is 0 Å². The van der Waals surface area contributed by atoms with Gasteiger partial charge in [0.15, 0.2) is 5.82 Å². The average Bonchev–Trinajstić information content (AvgIpc) is 3.03. The Morgan fingerprint density at radius 1 is 1.35 bits per heavy atom. The summed E-state index contributed by atoms with van der Waals surface area (Å²) in [5.74, 6) is 0.203. The van der Waals surface area contributed by atoms with Crippen LogP contribution < -0.4 is 5.32 Å². The van der Waals surface area contributed by atoms with Crippen LogP contribution in [0.5, 0.6) is 0 Å². The van der Waals surface area contributed by atoms with E-state index in [-0.39, 0.29) is 30.9 Å². The second kappa shape index (κ2) is 7.51. The fourth-order valence-corrected chi connectivity index (χ4v) is 2.91. The number of carbonyl (C=O) groups excluding carboxylic acids is 1. The van der Waals surface area contributed by atoms with Gasteiger partial charge in [0.25, 0.3) is 0 Å². The number of aromatic nitrogens is 3. The highest BCUT2D eigenvalue weighted by Gasteiger charge is 2.25. The summed E-state index contributed by atoms with van der Waals surface area (Å²) in [4.78, 5) is 24.2. The first kappa shape index (κ1) is 17.8. The zero-order valence-corrected chi connectivity index (χ0v) is 14.4. The fourth-order valence-electron chi connectivity index (χ4n) is 2.91. The van der Waals surface area contributed by atoms with Gasteiger partial charge in [-0.1, -0.05) is 0 Å². The lowest BCUT2D eigenvalue weighted by Crippen LogP contribution is -2.47. The monoisotopic (exact) mass is 361 g/mol. The zero-order valence-electron chi connectivity index (χ0n) is 14.4. The Kier molecular flexibility index (Phi) is 5.15. The minimum atomic E-state index is -0.944. The molecule has 0 saturated heterocycles. The molecule has 0 radical (unpaired) electrons. The molecule has 2 N–H and O–H groups in total. The molecule has 2 amide bonds. The molecule has 9 heteroatoms. The first-order valence-electron chi connectivity index (χ1n) is 8.35. The van der Waals surface area contributed by atoms with E-state index in [9.17, 15) is 14.0 Å². The molecule has 26 heavy (non-hydrogen) atoms. The van der Waals surface area contributed by atoms with Crippen LogP contribution in [0.1, 0.15) is 18.7 Å². The van der Waals surface area contributed by atoms with Gasteiger partial charge in [0.2, 0.25) is 0 Å². The van der Waals surface area contributed by atoms with Gasteiger partial charge in [-0.2, -0.15) is 0 Å². The number of amides is 2. The van der Waals surface area contributed by atoms with E-state index in [4.69, 9.17) is 5.11 Å². The molecule has 2 aromatic rings. The molecule has 1 aromatic heterocycles. The summed E-state index contributed by atoms with van der Waals surface area (Å²) in [6.07, 6.45) is 1.29. The fraction of sp³-hybridized carbons (Fsp3) is 0.412. The molecule has 0 spiro atoms. The quantitative estimate of drug-likeness (QED) is 0.841. The standard InChI is InChI=1S/C17H20FN5O3/c1-22(9-8-15(24)25)17(26)19-13-6-7-14-20-21-16(23(14)10-13)11-2-4-12(18)5-3-11/h2-5,13H,6-10H2,1H3,(H,19,26)(H,24,25). The van der Waals surface area contributed by atoms with Gasteiger partial charge in [0.05, 0.1) is 6.42 Å². The number of carboxylic acid groups (broad SMARTS) is 1. The smallest absolute Gasteiger partial charge is 0.317 e. The van der Waals surface area contributed by atoms with Crippen LogP contribution in [0.2, 0.25) is 0 Å². The number of rotatable bonds is 5. The number of benzene rings is 1. The number of nitrogens with zero attached hydrogens (tertiary/aromatic N) is 4. The molecule has 0 fully saturated rings. The summed E-state index contributed by atoms with van der Waals surface area (Å²) in [6, 6.07) is 5.62. The summed E-state index contributed by atoms with van der Waals surface area (Å²) < 4.78 is 15.1. The molecule has 3 rings (SSSR count). The van der Waals surface area contributed by atoms with Gasteiger partial charge in [0, 0.05) is 38.2 Å². The number of fused-ring (bicyclic) bond motifs is 1. The third-order valence-corrected chi connectivity index (χ3v) is 4.38. The zero-order chi connectivity index (χ0) is 18.7. The van der Waals surface area contributed by atoms with Crippen LogP contribution in [-0.4, -0.2) is 56.4 Å². The number of urea groups is 1. The second-order valence-corrected chi connectivity index (χ2v) is 6.31. The highest BCUT2D eigenvalue weighted by atomic mass is 19.1. The maximum atomic E-state index is 13.1. The van der Waals surface area contributed by atoms with Crippen molar-refractivity contribution in [3.8, 4) is 11.4 Å². The van der Waals surface area contributed by atoms with Crippen molar-refractivity contribution in [2.24, 2.45) is 0 Å². The molecule has 1 aliphatic heterocycles. The molecule has 1 unspecified atom stereocenters. The average molecular weight is 361 g/mol. The van der Waals surface area contributed by atoms with E-state index in [2.05, 4.69) is 15.5 Å². The minimum Gasteiger partial charge on any atom is -0.481 e. The maximum Gasteiger partial charge on any atom is 0.317 e.